The van der Waals surface area contributed by atoms with E-state index in [1.165, 1.54) is 9.88 Å². The number of hydrogen-bond acceptors (Lipinski definition) is 4. The van der Waals surface area contributed by atoms with Crippen LogP contribution in [0.1, 0.15) is 42.3 Å². The van der Waals surface area contributed by atoms with Gasteiger partial charge in [-0.3, -0.25) is 0 Å². The molecular formula is C15H22N4S2. The molecule has 2 heterocycles. The molecule has 0 aliphatic carbocycles. The van der Waals surface area contributed by atoms with Crippen molar-refractivity contribution in [3.05, 3.63) is 38.5 Å². The third kappa shape index (κ3) is 5.13. The maximum Gasteiger partial charge on any atom is 0.191 e. The summed E-state index contributed by atoms with van der Waals surface area (Å²) >= 11 is 3.46. The van der Waals surface area contributed by atoms with Gasteiger partial charge in [-0.1, -0.05) is 19.9 Å². The SMILES string of the molecule is CCNC(=NCc1csc(C(C)C)n1)NCc1cccs1. The molecule has 0 saturated carbocycles. The van der Waals surface area contributed by atoms with Crippen molar-refractivity contribution in [3.8, 4) is 0 Å². The molecule has 0 fully saturated rings. The minimum absolute atomic E-state index is 0.484. The minimum Gasteiger partial charge on any atom is -0.357 e. The summed E-state index contributed by atoms with van der Waals surface area (Å²) < 4.78 is 0. The summed E-state index contributed by atoms with van der Waals surface area (Å²) in [4.78, 5) is 10.5. The van der Waals surface area contributed by atoms with Gasteiger partial charge in [0.25, 0.3) is 0 Å². The summed E-state index contributed by atoms with van der Waals surface area (Å²) in [6.45, 7) is 8.67. The van der Waals surface area contributed by atoms with Crippen LogP contribution in [0.2, 0.25) is 0 Å². The summed E-state index contributed by atoms with van der Waals surface area (Å²) in [7, 11) is 0. The number of aromatic nitrogens is 1. The van der Waals surface area contributed by atoms with Gasteiger partial charge >= 0.3 is 0 Å². The molecule has 2 aromatic rings. The largest absolute Gasteiger partial charge is 0.357 e. The molecule has 0 amide bonds. The molecular weight excluding hydrogens is 300 g/mol. The highest BCUT2D eigenvalue weighted by molar-refractivity contribution is 7.10. The fourth-order valence-corrected chi connectivity index (χ4v) is 3.22. The zero-order chi connectivity index (χ0) is 15.1. The van der Waals surface area contributed by atoms with E-state index in [-0.39, 0.29) is 0 Å². The van der Waals surface area contributed by atoms with Crippen LogP contribution in [-0.4, -0.2) is 17.5 Å². The highest BCUT2D eigenvalue weighted by atomic mass is 32.1. The number of thiazole rings is 1. The Kier molecular flexibility index (Phi) is 6.20. The average Bonchev–Trinajstić information content (AvgIpc) is 3.13. The Morgan fingerprint density at radius 2 is 2.19 bits per heavy atom. The maximum atomic E-state index is 4.61. The molecule has 0 bridgehead atoms. The van der Waals surface area contributed by atoms with Crippen molar-refractivity contribution in [1.82, 2.24) is 15.6 Å². The van der Waals surface area contributed by atoms with Crippen LogP contribution in [0.5, 0.6) is 0 Å². The number of rotatable bonds is 6. The van der Waals surface area contributed by atoms with Crippen LogP contribution in [0.15, 0.2) is 27.9 Å². The molecule has 0 saturated heterocycles. The first-order chi connectivity index (χ1) is 10.2. The third-order valence-corrected chi connectivity index (χ3v) is 4.89. The zero-order valence-electron chi connectivity index (χ0n) is 12.7. The fraction of sp³-hybridized carbons (Fsp3) is 0.467. The number of nitrogens with one attached hydrogen (secondary N) is 2. The van der Waals surface area contributed by atoms with Crippen molar-refractivity contribution < 1.29 is 0 Å². The van der Waals surface area contributed by atoms with Gasteiger partial charge < -0.3 is 10.6 Å². The Morgan fingerprint density at radius 1 is 1.33 bits per heavy atom. The van der Waals surface area contributed by atoms with Crippen molar-refractivity contribution in [2.45, 2.75) is 39.8 Å². The highest BCUT2D eigenvalue weighted by Gasteiger charge is 2.06. The Morgan fingerprint density at radius 3 is 2.81 bits per heavy atom. The number of guanidine groups is 1. The molecule has 0 atom stereocenters. The van der Waals surface area contributed by atoms with Gasteiger partial charge in [-0.25, -0.2) is 9.98 Å². The monoisotopic (exact) mass is 322 g/mol. The molecule has 6 heteroatoms. The van der Waals surface area contributed by atoms with Crippen molar-refractivity contribution in [1.29, 1.82) is 0 Å². The number of thiophene rings is 1. The van der Waals surface area contributed by atoms with Crippen LogP contribution < -0.4 is 10.6 Å². The Labute approximate surface area is 134 Å². The van der Waals surface area contributed by atoms with Gasteiger partial charge in [0, 0.05) is 22.7 Å². The van der Waals surface area contributed by atoms with E-state index >= 15 is 0 Å². The second kappa shape index (κ2) is 8.14. The van der Waals surface area contributed by atoms with E-state index in [1.54, 1.807) is 22.7 Å². The second-order valence-corrected chi connectivity index (χ2v) is 6.88. The van der Waals surface area contributed by atoms with E-state index in [0.29, 0.717) is 12.5 Å². The van der Waals surface area contributed by atoms with Crippen molar-refractivity contribution in [2.75, 3.05) is 6.54 Å². The summed E-state index contributed by atoms with van der Waals surface area (Å²) in [6, 6.07) is 4.19. The number of nitrogens with zero attached hydrogens (tertiary/aromatic N) is 2. The number of aliphatic imine (C=N–C) groups is 1. The summed E-state index contributed by atoms with van der Waals surface area (Å²) in [5, 5.41) is 12.0. The fourth-order valence-electron chi connectivity index (χ4n) is 1.75. The van der Waals surface area contributed by atoms with Crippen molar-refractivity contribution >= 4 is 28.6 Å². The second-order valence-electron chi connectivity index (χ2n) is 4.96. The van der Waals surface area contributed by atoms with Crippen LogP contribution in [-0.2, 0) is 13.1 Å². The Bertz CT molecular complexity index is 558. The van der Waals surface area contributed by atoms with Crippen molar-refractivity contribution in [3.63, 3.8) is 0 Å². The standard InChI is InChI=1S/C15H22N4S2/c1-4-16-15(18-9-13-6-5-7-20-13)17-8-12-10-21-14(19-12)11(2)3/h5-7,10-11H,4,8-9H2,1-3H3,(H2,16,17,18). The molecule has 21 heavy (non-hydrogen) atoms. The Hall–Kier alpha value is -1.40. The zero-order valence-corrected chi connectivity index (χ0v) is 14.4. The molecule has 4 nitrogen and oxygen atoms in total. The molecule has 0 aliphatic rings. The topological polar surface area (TPSA) is 49.3 Å². The van der Waals surface area contributed by atoms with Gasteiger partial charge in [-0.05, 0) is 18.4 Å². The van der Waals surface area contributed by atoms with Crippen LogP contribution >= 0.6 is 22.7 Å². The molecule has 2 N–H and O–H groups in total. The van der Waals surface area contributed by atoms with Crippen LogP contribution in [0, 0.1) is 0 Å². The molecule has 0 spiro atoms. The minimum atomic E-state index is 0.484. The molecule has 0 aliphatic heterocycles. The molecule has 2 aromatic heterocycles. The Balaban J connectivity index is 1.92. The van der Waals surface area contributed by atoms with Gasteiger partial charge in [0.2, 0.25) is 0 Å². The predicted octanol–water partition coefficient (Wildman–Crippen LogP) is 3.58. The molecule has 2 rings (SSSR count). The summed E-state index contributed by atoms with van der Waals surface area (Å²) in [5.74, 6) is 1.32. The maximum absolute atomic E-state index is 4.61. The first kappa shape index (κ1) is 16.0. The quantitative estimate of drug-likeness (QED) is 0.631. The number of hydrogen-bond donors (Lipinski definition) is 2. The third-order valence-electron chi connectivity index (χ3n) is 2.82. The van der Waals surface area contributed by atoms with Gasteiger partial charge in [0.1, 0.15) is 0 Å². The molecule has 0 aromatic carbocycles. The van der Waals surface area contributed by atoms with E-state index in [2.05, 4.69) is 64.3 Å². The summed E-state index contributed by atoms with van der Waals surface area (Å²) in [5.41, 5.74) is 1.04. The van der Waals surface area contributed by atoms with E-state index in [4.69, 9.17) is 0 Å². The van der Waals surface area contributed by atoms with Gasteiger partial charge in [0.15, 0.2) is 5.96 Å². The van der Waals surface area contributed by atoms with Crippen molar-refractivity contribution in [2.24, 2.45) is 4.99 Å². The first-order valence-electron chi connectivity index (χ1n) is 7.18. The molecule has 0 radical (unpaired) electrons. The summed E-state index contributed by atoms with van der Waals surface area (Å²) in [6.07, 6.45) is 0. The van der Waals surface area contributed by atoms with Crippen LogP contribution in [0.25, 0.3) is 0 Å². The van der Waals surface area contributed by atoms with E-state index in [1.807, 2.05) is 0 Å². The first-order valence-corrected chi connectivity index (χ1v) is 8.93. The van der Waals surface area contributed by atoms with Crippen LogP contribution in [0.4, 0.5) is 0 Å². The highest BCUT2D eigenvalue weighted by Crippen LogP contribution is 2.19. The lowest BCUT2D eigenvalue weighted by Crippen LogP contribution is -2.36. The lowest BCUT2D eigenvalue weighted by Gasteiger charge is -2.09. The normalized spacial score (nSPS) is 11.9. The van der Waals surface area contributed by atoms with E-state index in [0.717, 1.165) is 24.7 Å². The molecule has 114 valence electrons. The average molecular weight is 323 g/mol. The van der Waals surface area contributed by atoms with Crippen LogP contribution in [0.3, 0.4) is 0 Å². The lowest BCUT2D eigenvalue weighted by atomic mass is 10.2. The molecule has 0 unspecified atom stereocenters. The van der Waals surface area contributed by atoms with E-state index in [9.17, 15) is 0 Å². The smallest absolute Gasteiger partial charge is 0.191 e. The predicted molar refractivity (Wildman–Crippen MR) is 92.2 cm³/mol. The van der Waals surface area contributed by atoms with Gasteiger partial charge in [-0.15, -0.1) is 22.7 Å². The van der Waals surface area contributed by atoms with E-state index < -0.39 is 0 Å². The lowest BCUT2D eigenvalue weighted by molar-refractivity contribution is 0.810. The van der Waals surface area contributed by atoms with Gasteiger partial charge in [0.05, 0.1) is 23.8 Å². The van der Waals surface area contributed by atoms with Gasteiger partial charge in [-0.2, -0.15) is 0 Å².